The largest absolute Gasteiger partial charge is 0.309 e. The van der Waals surface area contributed by atoms with Gasteiger partial charge >= 0.3 is 0 Å². The molecule has 0 saturated heterocycles. The lowest BCUT2D eigenvalue weighted by Gasteiger charge is -2.14. The summed E-state index contributed by atoms with van der Waals surface area (Å²) in [5, 5.41) is 6.93. The first-order chi connectivity index (χ1) is 27.3. The summed E-state index contributed by atoms with van der Waals surface area (Å²) in [4.78, 5) is 15.7. The van der Waals surface area contributed by atoms with Crippen LogP contribution in [-0.4, -0.2) is 19.5 Å². The lowest BCUT2D eigenvalue weighted by molar-refractivity contribution is 1.18. The van der Waals surface area contributed by atoms with Crippen molar-refractivity contribution in [1.29, 1.82) is 0 Å². The Hall–Kier alpha value is -7.43. The van der Waals surface area contributed by atoms with Crippen LogP contribution in [0.4, 0.5) is 0 Å². The lowest BCUT2D eigenvalue weighted by Crippen LogP contribution is -1.96. The molecule has 11 rings (SSSR count). The van der Waals surface area contributed by atoms with Crippen LogP contribution < -0.4 is 0 Å². The Morgan fingerprint density at radius 3 is 1.69 bits per heavy atom. The highest BCUT2D eigenvalue weighted by Gasteiger charge is 2.20. The molecule has 0 fully saturated rings. The van der Waals surface area contributed by atoms with E-state index in [1.807, 2.05) is 12.1 Å². The Bertz CT molecular complexity index is 3240. The molecule has 0 aliphatic heterocycles. The molecule has 55 heavy (non-hydrogen) atoms. The Balaban J connectivity index is 1.11. The van der Waals surface area contributed by atoms with E-state index < -0.39 is 0 Å². The second kappa shape index (κ2) is 12.6. The van der Waals surface area contributed by atoms with Crippen LogP contribution in [0.2, 0.25) is 0 Å². The van der Waals surface area contributed by atoms with Crippen LogP contribution >= 0.6 is 0 Å². The van der Waals surface area contributed by atoms with Crippen molar-refractivity contribution in [3.05, 3.63) is 194 Å². The summed E-state index contributed by atoms with van der Waals surface area (Å²) in [6, 6.07) is 68.4. The maximum atomic E-state index is 5.36. The molecule has 0 spiro atoms. The minimum absolute atomic E-state index is 0.682. The fraction of sp³-hybridized carbons (Fsp3) is 0. The Morgan fingerprint density at radius 1 is 0.309 bits per heavy atom. The van der Waals surface area contributed by atoms with E-state index in [1.165, 1.54) is 38.3 Å². The quantitative estimate of drug-likeness (QED) is 0.168. The van der Waals surface area contributed by atoms with Crippen molar-refractivity contribution in [3.63, 3.8) is 0 Å². The van der Waals surface area contributed by atoms with Gasteiger partial charge in [-0.2, -0.15) is 0 Å². The molecule has 11 aromatic rings. The molecule has 4 nitrogen and oxygen atoms in total. The molecule has 4 heteroatoms. The molecule has 256 valence electrons. The number of pyridine rings is 1. The standard InChI is InChI=1S/C51H32N4/c1-3-14-33(15-4-1)34-26-28-35(29-27-34)49-40-21-8-11-24-44(40)53-51(54-49)37-17-13-16-36(32-37)50-42-30-31-46-48(47(42)39-20-7-10-23-43(39)52-50)41-22-9-12-25-45(41)55(46)38-18-5-2-6-19-38/h1-32H. The van der Waals surface area contributed by atoms with Crippen LogP contribution in [0.1, 0.15) is 0 Å². The van der Waals surface area contributed by atoms with Crippen LogP contribution in [0.3, 0.4) is 0 Å². The number of fused-ring (bicyclic) bond motifs is 8. The van der Waals surface area contributed by atoms with Gasteiger partial charge in [0.1, 0.15) is 0 Å². The highest BCUT2D eigenvalue weighted by atomic mass is 15.0. The van der Waals surface area contributed by atoms with E-state index in [0.717, 1.165) is 61.0 Å². The van der Waals surface area contributed by atoms with Gasteiger partial charge in [0.15, 0.2) is 5.82 Å². The molecule has 0 bridgehead atoms. The highest BCUT2D eigenvalue weighted by molar-refractivity contribution is 6.29. The van der Waals surface area contributed by atoms with E-state index in [1.54, 1.807) is 0 Å². The molecule has 3 aromatic heterocycles. The van der Waals surface area contributed by atoms with Gasteiger partial charge in [0, 0.05) is 54.7 Å². The van der Waals surface area contributed by atoms with Crippen LogP contribution in [-0.2, 0) is 0 Å². The summed E-state index contributed by atoms with van der Waals surface area (Å²) in [6.07, 6.45) is 0. The van der Waals surface area contributed by atoms with Crippen molar-refractivity contribution in [2.75, 3.05) is 0 Å². The second-order valence-electron chi connectivity index (χ2n) is 14.0. The van der Waals surface area contributed by atoms with Gasteiger partial charge in [0.05, 0.1) is 33.5 Å². The van der Waals surface area contributed by atoms with E-state index in [-0.39, 0.29) is 0 Å². The fourth-order valence-electron chi connectivity index (χ4n) is 8.26. The van der Waals surface area contributed by atoms with Crippen molar-refractivity contribution in [2.45, 2.75) is 0 Å². The molecule has 0 N–H and O–H groups in total. The van der Waals surface area contributed by atoms with Crippen molar-refractivity contribution >= 4 is 54.4 Å². The minimum atomic E-state index is 0.682. The lowest BCUT2D eigenvalue weighted by atomic mass is 9.95. The normalized spacial score (nSPS) is 11.6. The molecule has 0 unspecified atom stereocenters. The summed E-state index contributed by atoms with van der Waals surface area (Å²) in [6.45, 7) is 0. The summed E-state index contributed by atoms with van der Waals surface area (Å²) >= 11 is 0. The van der Waals surface area contributed by atoms with Gasteiger partial charge in [-0.05, 0) is 53.6 Å². The zero-order valence-corrected chi connectivity index (χ0v) is 29.8. The topological polar surface area (TPSA) is 43.6 Å². The molecule has 0 atom stereocenters. The monoisotopic (exact) mass is 700 g/mol. The van der Waals surface area contributed by atoms with Crippen molar-refractivity contribution < 1.29 is 0 Å². The Morgan fingerprint density at radius 2 is 0.891 bits per heavy atom. The predicted octanol–water partition coefficient (Wildman–Crippen LogP) is 13.1. The van der Waals surface area contributed by atoms with Crippen LogP contribution in [0.5, 0.6) is 0 Å². The molecule has 3 heterocycles. The summed E-state index contributed by atoms with van der Waals surface area (Å²) < 4.78 is 2.38. The third-order valence-electron chi connectivity index (χ3n) is 10.8. The summed E-state index contributed by atoms with van der Waals surface area (Å²) in [5.41, 5.74) is 12.6. The van der Waals surface area contributed by atoms with Crippen molar-refractivity contribution in [1.82, 2.24) is 19.5 Å². The molecule has 0 aliphatic rings. The number of nitrogens with zero attached hydrogens (tertiary/aromatic N) is 4. The molecule has 8 aromatic carbocycles. The number of rotatable bonds is 5. The first kappa shape index (κ1) is 31.1. The van der Waals surface area contributed by atoms with Gasteiger partial charge in [-0.1, -0.05) is 152 Å². The highest BCUT2D eigenvalue weighted by Crippen LogP contribution is 2.43. The molecular weight excluding hydrogens is 669 g/mol. The maximum absolute atomic E-state index is 5.36. The number of para-hydroxylation sites is 4. The van der Waals surface area contributed by atoms with E-state index in [2.05, 4.69) is 187 Å². The smallest absolute Gasteiger partial charge is 0.160 e. The Labute approximate surface area is 317 Å². The van der Waals surface area contributed by atoms with Gasteiger partial charge < -0.3 is 4.57 Å². The molecule has 0 saturated carbocycles. The van der Waals surface area contributed by atoms with Crippen LogP contribution in [0, 0.1) is 0 Å². The van der Waals surface area contributed by atoms with E-state index in [4.69, 9.17) is 15.0 Å². The van der Waals surface area contributed by atoms with Crippen molar-refractivity contribution in [3.8, 4) is 50.7 Å². The SMILES string of the molecule is c1ccc(-c2ccc(-c3nc(-c4cccc(-c5nc6ccccc6c6c5ccc5c6c6ccccc6n5-c5ccccc5)c4)nc4ccccc34)cc2)cc1. The summed E-state index contributed by atoms with van der Waals surface area (Å²) in [5.74, 6) is 0.682. The van der Waals surface area contributed by atoms with Crippen LogP contribution in [0.25, 0.3) is 105 Å². The molecule has 0 amide bonds. The third-order valence-corrected chi connectivity index (χ3v) is 10.8. The minimum Gasteiger partial charge on any atom is -0.309 e. The number of aromatic nitrogens is 4. The van der Waals surface area contributed by atoms with E-state index >= 15 is 0 Å². The van der Waals surface area contributed by atoms with E-state index in [9.17, 15) is 0 Å². The van der Waals surface area contributed by atoms with Gasteiger partial charge in [0.25, 0.3) is 0 Å². The fourth-order valence-corrected chi connectivity index (χ4v) is 8.26. The predicted molar refractivity (Wildman–Crippen MR) is 228 cm³/mol. The second-order valence-corrected chi connectivity index (χ2v) is 14.0. The zero-order chi connectivity index (χ0) is 36.3. The Kier molecular flexibility index (Phi) is 7.14. The molecular formula is C51H32N4. The number of benzene rings is 8. The van der Waals surface area contributed by atoms with E-state index in [0.29, 0.717) is 5.82 Å². The first-order valence-electron chi connectivity index (χ1n) is 18.6. The van der Waals surface area contributed by atoms with Crippen LogP contribution in [0.15, 0.2) is 194 Å². The molecule has 0 aliphatic carbocycles. The third kappa shape index (κ3) is 5.11. The van der Waals surface area contributed by atoms with Gasteiger partial charge in [-0.25, -0.2) is 15.0 Å². The van der Waals surface area contributed by atoms with Crippen molar-refractivity contribution in [2.24, 2.45) is 0 Å². The zero-order valence-electron chi connectivity index (χ0n) is 29.8. The van der Waals surface area contributed by atoms with Gasteiger partial charge in [-0.3, -0.25) is 0 Å². The number of hydrogen-bond acceptors (Lipinski definition) is 3. The van der Waals surface area contributed by atoms with Gasteiger partial charge in [-0.15, -0.1) is 0 Å². The summed E-state index contributed by atoms with van der Waals surface area (Å²) in [7, 11) is 0. The van der Waals surface area contributed by atoms with Gasteiger partial charge in [0.2, 0.25) is 0 Å². The average molecular weight is 701 g/mol. The number of hydrogen-bond donors (Lipinski definition) is 0. The average Bonchev–Trinajstić information content (AvgIpc) is 3.61. The molecule has 0 radical (unpaired) electrons. The first-order valence-corrected chi connectivity index (χ1v) is 18.6. The maximum Gasteiger partial charge on any atom is 0.160 e.